The Labute approximate surface area is 106 Å². The van der Waals surface area contributed by atoms with E-state index < -0.39 is 0 Å². The molecule has 0 radical (unpaired) electrons. The van der Waals surface area contributed by atoms with Gasteiger partial charge in [-0.1, -0.05) is 12.8 Å². The fraction of sp³-hybridized carbons (Fsp3) is 0.500. The molecule has 0 aromatic heterocycles. The van der Waals surface area contributed by atoms with Crippen molar-refractivity contribution in [3.8, 4) is 0 Å². The van der Waals surface area contributed by atoms with E-state index in [2.05, 4.69) is 0 Å². The van der Waals surface area contributed by atoms with Crippen molar-refractivity contribution in [3.63, 3.8) is 0 Å². The van der Waals surface area contributed by atoms with E-state index in [-0.39, 0.29) is 11.6 Å². The number of hydrogen-bond donors (Lipinski definition) is 0. The van der Waals surface area contributed by atoms with Crippen LogP contribution in [0.25, 0.3) is 0 Å². The van der Waals surface area contributed by atoms with E-state index in [9.17, 15) is 9.18 Å². The van der Waals surface area contributed by atoms with E-state index in [0.717, 1.165) is 4.90 Å². The average molecular weight is 252 g/mol. The number of aryl methyl sites for hydroxylation is 1. The predicted octanol–water partition coefficient (Wildman–Crippen LogP) is 4.37. The van der Waals surface area contributed by atoms with Gasteiger partial charge in [0.05, 0.1) is 0 Å². The molecule has 1 aromatic rings. The van der Waals surface area contributed by atoms with Gasteiger partial charge in [0, 0.05) is 15.7 Å². The lowest BCUT2D eigenvalue weighted by Gasteiger charge is -2.13. The summed E-state index contributed by atoms with van der Waals surface area (Å²) >= 11 is 1.74. The SMILES string of the molecule is CC(=O)c1cc(F)c(C)cc1SC1CCCC1. The quantitative estimate of drug-likeness (QED) is 0.743. The molecule has 3 heteroatoms. The van der Waals surface area contributed by atoms with Gasteiger partial charge in [0.15, 0.2) is 5.78 Å². The molecule has 92 valence electrons. The number of carbonyl (C=O) groups excluding carboxylic acids is 1. The highest BCUT2D eigenvalue weighted by atomic mass is 32.2. The van der Waals surface area contributed by atoms with Crippen LogP contribution in [0.2, 0.25) is 0 Å². The molecule has 1 aliphatic carbocycles. The maximum Gasteiger partial charge on any atom is 0.161 e. The third-order valence-corrected chi connectivity index (χ3v) is 4.63. The van der Waals surface area contributed by atoms with Crippen LogP contribution in [-0.2, 0) is 0 Å². The Morgan fingerprint density at radius 3 is 2.59 bits per heavy atom. The number of Topliss-reactive ketones (excluding diaryl/α,β-unsaturated/α-hetero) is 1. The fourth-order valence-corrected chi connectivity index (χ4v) is 3.72. The molecule has 0 spiro atoms. The van der Waals surface area contributed by atoms with Gasteiger partial charge in [0.25, 0.3) is 0 Å². The van der Waals surface area contributed by atoms with Gasteiger partial charge in [-0.15, -0.1) is 11.8 Å². The van der Waals surface area contributed by atoms with Crippen LogP contribution >= 0.6 is 11.8 Å². The molecule has 1 aromatic carbocycles. The summed E-state index contributed by atoms with van der Waals surface area (Å²) in [6, 6.07) is 3.20. The van der Waals surface area contributed by atoms with Gasteiger partial charge in [-0.3, -0.25) is 4.79 Å². The van der Waals surface area contributed by atoms with Crippen LogP contribution < -0.4 is 0 Å². The highest BCUT2D eigenvalue weighted by molar-refractivity contribution is 8.00. The first-order valence-corrected chi connectivity index (χ1v) is 6.93. The Bertz CT molecular complexity index is 436. The van der Waals surface area contributed by atoms with Crippen LogP contribution in [0.4, 0.5) is 4.39 Å². The minimum atomic E-state index is -0.286. The summed E-state index contributed by atoms with van der Waals surface area (Å²) in [7, 11) is 0. The van der Waals surface area contributed by atoms with E-state index in [1.54, 1.807) is 18.7 Å². The van der Waals surface area contributed by atoms with E-state index in [1.165, 1.54) is 38.7 Å². The molecule has 0 saturated heterocycles. The molecular weight excluding hydrogens is 235 g/mol. The summed E-state index contributed by atoms with van der Waals surface area (Å²) in [6.45, 7) is 3.25. The Morgan fingerprint density at radius 2 is 2.00 bits per heavy atom. The number of hydrogen-bond acceptors (Lipinski definition) is 2. The number of halogens is 1. The van der Waals surface area contributed by atoms with Crippen molar-refractivity contribution in [3.05, 3.63) is 29.1 Å². The third-order valence-electron chi connectivity index (χ3n) is 3.24. The molecule has 1 saturated carbocycles. The molecule has 1 nitrogen and oxygen atoms in total. The van der Waals surface area contributed by atoms with E-state index in [4.69, 9.17) is 0 Å². The van der Waals surface area contributed by atoms with E-state index in [1.807, 2.05) is 6.07 Å². The van der Waals surface area contributed by atoms with Crippen LogP contribution in [0, 0.1) is 12.7 Å². The van der Waals surface area contributed by atoms with Crippen LogP contribution in [0.1, 0.15) is 48.5 Å². The van der Waals surface area contributed by atoms with Crippen LogP contribution in [0.15, 0.2) is 17.0 Å². The van der Waals surface area contributed by atoms with Crippen LogP contribution in [0.5, 0.6) is 0 Å². The standard InChI is InChI=1S/C14H17FOS/c1-9-7-14(17-11-5-3-4-6-11)12(10(2)16)8-13(9)15/h7-8,11H,3-6H2,1-2H3. The van der Waals surface area contributed by atoms with Gasteiger partial charge in [0.1, 0.15) is 5.82 Å². The molecule has 0 bridgehead atoms. The van der Waals surface area contributed by atoms with Crippen molar-refractivity contribution in [1.82, 2.24) is 0 Å². The highest BCUT2D eigenvalue weighted by Crippen LogP contribution is 2.37. The van der Waals surface area contributed by atoms with Crippen LogP contribution in [-0.4, -0.2) is 11.0 Å². The van der Waals surface area contributed by atoms with E-state index in [0.29, 0.717) is 16.4 Å². The molecular formula is C14H17FOS. The summed E-state index contributed by atoms with van der Waals surface area (Å²) in [5.41, 5.74) is 1.15. The summed E-state index contributed by atoms with van der Waals surface area (Å²) in [5, 5.41) is 0.595. The number of ketones is 1. The van der Waals surface area contributed by atoms with Gasteiger partial charge in [-0.2, -0.15) is 0 Å². The lowest BCUT2D eigenvalue weighted by Crippen LogP contribution is -2.02. The molecule has 17 heavy (non-hydrogen) atoms. The Kier molecular flexibility index (Phi) is 3.87. The Morgan fingerprint density at radius 1 is 1.35 bits per heavy atom. The summed E-state index contributed by atoms with van der Waals surface area (Å²) in [5.74, 6) is -0.338. The van der Waals surface area contributed by atoms with Gasteiger partial charge in [-0.05, 0) is 44.4 Å². The molecule has 0 unspecified atom stereocenters. The van der Waals surface area contributed by atoms with Gasteiger partial charge in [0.2, 0.25) is 0 Å². The molecule has 0 aliphatic heterocycles. The first kappa shape index (κ1) is 12.6. The Hall–Kier alpha value is -0.830. The normalized spacial score (nSPS) is 16.4. The molecule has 0 N–H and O–H groups in total. The van der Waals surface area contributed by atoms with Crippen molar-refractivity contribution >= 4 is 17.5 Å². The largest absolute Gasteiger partial charge is 0.294 e. The first-order chi connectivity index (χ1) is 8.08. The lowest BCUT2D eigenvalue weighted by atomic mass is 10.1. The zero-order valence-corrected chi connectivity index (χ0v) is 11.1. The number of rotatable bonds is 3. The minimum Gasteiger partial charge on any atom is -0.294 e. The predicted molar refractivity (Wildman–Crippen MR) is 69.3 cm³/mol. The minimum absolute atomic E-state index is 0.0515. The second-order valence-electron chi connectivity index (χ2n) is 4.68. The molecule has 0 heterocycles. The zero-order chi connectivity index (χ0) is 12.4. The van der Waals surface area contributed by atoms with Gasteiger partial charge >= 0.3 is 0 Å². The lowest BCUT2D eigenvalue weighted by molar-refractivity contribution is 0.101. The highest BCUT2D eigenvalue weighted by Gasteiger charge is 2.19. The average Bonchev–Trinajstić information content (AvgIpc) is 2.75. The van der Waals surface area contributed by atoms with Crippen LogP contribution in [0.3, 0.4) is 0 Å². The monoisotopic (exact) mass is 252 g/mol. The van der Waals surface area contributed by atoms with Crippen molar-refractivity contribution in [2.45, 2.75) is 49.7 Å². The zero-order valence-electron chi connectivity index (χ0n) is 10.3. The topological polar surface area (TPSA) is 17.1 Å². The molecule has 2 rings (SSSR count). The maximum atomic E-state index is 13.5. The molecule has 1 fully saturated rings. The van der Waals surface area contributed by atoms with Crippen molar-refractivity contribution in [2.75, 3.05) is 0 Å². The molecule has 1 aliphatic rings. The summed E-state index contributed by atoms with van der Waals surface area (Å²) < 4.78 is 13.5. The second-order valence-corrected chi connectivity index (χ2v) is 6.02. The van der Waals surface area contributed by atoms with E-state index >= 15 is 0 Å². The molecule has 0 atom stereocenters. The third kappa shape index (κ3) is 2.89. The second kappa shape index (κ2) is 5.21. The molecule has 0 amide bonds. The maximum absolute atomic E-state index is 13.5. The van der Waals surface area contributed by atoms with Crippen molar-refractivity contribution < 1.29 is 9.18 Å². The van der Waals surface area contributed by atoms with Crippen molar-refractivity contribution in [1.29, 1.82) is 0 Å². The number of carbonyl (C=O) groups is 1. The summed E-state index contributed by atoms with van der Waals surface area (Å²) in [6.07, 6.45) is 4.96. The summed E-state index contributed by atoms with van der Waals surface area (Å²) in [4.78, 5) is 12.5. The number of benzene rings is 1. The smallest absolute Gasteiger partial charge is 0.161 e. The first-order valence-electron chi connectivity index (χ1n) is 6.05. The fourth-order valence-electron chi connectivity index (χ4n) is 2.21. The number of thioether (sulfide) groups is 1. The van der Waals surface area contributed by atoms with Gasteiger partial charge in [-0.25, -0.2) is 4.39 Å². The van der Waals surface area contributed by atoms with Gasteiger partial charge < -0.3 is 0 Å². The Balaban J connectivity index is 2.29. The van der Waals surface area contributed by atoms with Crippen molar-refractivity contribution in [2.24, 2.45) is 0 Å².